The Kier molecular flexibility index (Phi) is 6.44. The van der Waals surface area contributed by atoms with E-state index in [4.69, 9.17) is 16.3 Å². The molecule has 0 aromatic heterocycles. The molecule has 0 bridgehead atoms. The van der Waals surface area contributed by atoms with E-state index in [-0.39, 0.29) is 5.91 Å². The second kappa shape index (κ2) is 8.56. The van der Waals surface area contributed by atoms with Gasteiger partial charge in [-0.15, -0.1) is 0 Å². The Hall–Kier alpha value is -2.04. The van der Waals surface area contributed by atoms with Gasteiger partial charge in [-0.05, 0) is 30.8 Å². The predicted octanol–water partition coefficient (Wildman–Crippen LogP) is 3.10. The molecule has 5 heteroatoms. The lowest BCUT2D eigenvalue weighted by molar-refractivity contribution is -0.122. The Morgan fingerprint density at radius 2 is 2.00 bits per heavy atom. The van der Waals surface area contributed by atoms with E-state index in [1.807, 2.05) is 60.5 Å². The van der Waals surface area contributed by atoms with Crippen LogP contribution in [-0.4, -0.2) is 31.5 Å². The first-order valence-electron chi connectivity index (χ1n) is 7.40. The summed E-state index contributed by atoms with van der Waals surface area (Å²) in [5.74, 6) is 0.750. The normalized spacial score (nSPS) is 10.6. The maximum absolute atomic E-state index is 12.1. The van der Waals surface area contributed by atoms with Crippen LogP contribution in [0.2, 0.25) is 5.02 Å². The SMILES string of the molecule is COc1ccccc1CNC(=O)CN(C)Cc1cccc(Cl)c1. The fourth-order valence-corrected chi connectivity index (χ4v) is 2.56. The summed E-state index contributed by atoms with van der Waals surface area (Å²) in [7, 11) is 3.53. The molecule has 4 nitrogen and oxygen atoms in total. The number of para-hydroxylation sites is 1. The number of likely N-dealkylation sites (N-methyl/N-ethyl adjacent to an activating group) is 1. The third-order valence-electron chi connectivity index (χ3n) is 3.42. The van der Waals surface area contributed by atoms with Crippen molar-refractivity contribution in [3.63, 3.8) is 0 Å². The summed E-state index contributed by atoms with van der Waals surface area (Å²) in [5, 5.41) is 3.62. The molecule has 0 spiro atoms. The largest absolute Gasteiger partial charge is 0.496 e. The highest BCUT2D eigenvalue weighted by Gasteiger charge is 2.09. The summed E-state index contributed by atoms with van der Waals surface area (Å²) in [5.41, 5.74) is 2.04. The predicted molar refractivity (Wildman–Crippen MR) is 92.6 cm³/mol. The minimum atomic E-state index is -0.0274. The molecule has 0 radical (unpaired) electrons. The van der Waals surface area contributed by atoms with Gasteiger partial charge in [-0.25, -0.2) is 0 Å². The van der Waals surface area contributed by atoms with Gasteiger partial charge < -0.3 is 10.1 Å². The van der Waals surface area contributed by atoms with E-state index in [0.717, 1.165) is 16.9 Å². The van der Waals surface area contributed by atoms with Crippen LogP contribution in [0.1, 0.15) is 11.1 Å². The molecule has 2 aromatic carbocycles. The number of nitrogens with one attached hydrogen (secondary N) is 1. The number of nitrogens with zero attached hydrogens (tertiary/aromatic N) is 1. The molecule has 1 amide bonds. The van der Waals surface area contributed by atoms with Gasteiger partial charge in [0.1, 0.15) is 5.75 Å². The molecule has 0 unspecified atom stereocenters. The van der Waals surface area contributed by atoms with Crippen LogP contribution in [0.5, 0.6) is 5.75 Å². The maximum atomic E-state index is 12.1. The molecule has 2 rings (SSSR count). The Labute approximate surface area is 142 Å². The molecule has 0 aliphatic rings. The lowest BCUT2D eigenvalue weighted by atomic mass is 10.2. The zero-order valence-corrected chi connectivity index (χ0v) is 14.1. The molecule has 0 saturated carbocycles. The van der Waals surface area contributed by atoms with Gasteiger partial charge in [-0.2, -0.15) is 0 Å². The summed E-state index contributed by atoms with van der Waals surface area (Å²) in [4.78, 5) is 14.0. The number of halogens is 1. The molecule has 2 aromatic rings. The van der Waals surface area contributed by atoms with Gasteiger partial charge in [-0.3, -0.25) is 9.69 Å². The van der Waals surface area contributed by atoms with Crippen LogP contribution in [0.15, 0.2) is 48.5 Å². The van der Waals surface area contributed by atoms with Gasteiger partial charge in [0, 0.05) is 23.7 Å². The van der Waals surface area contributed by atoms with E-state index < -0.39 is 0 Å². The number of hydrogen-bond acceptors (Lipinski definition) is 3. The third-order valence-corrected chi connectivity index (χ3v) is 3.66. The van der Waals surface area contributed by atoms with E-state index in [1.165, 1.54) is 0 Å². The Morgan fingerprint density at radius 1 is 1.22 bits per heavy atom. The van der Waals surface area contributed by atoms with Crippen molar-refractivity contribution in [3.8, 4) is 5.75 Å². The van der Waals surface area contributed by atoms with E-state index in [0.29, 0.717) is 24.7 Å². The minimum absolute atomic E-state index is 0.0274. The zero-order chi connectivity index (χ0) is 16.7. The Balaban J connectivity index is 1.82. The van der Waals surface area contributed by atoms with Crippen LogP contribution in [0, 0.1) is 0 Å². The average molecular weight is 333 g/mol. The standard InChI is InChI=1S/C18H21ClN2O2/c1-21(12-14-6-5-8-16(19)10-14)13-18(22)20-11-15-7-3-4-9-17(15)23-2/h3-10H,11-13H2,1-2H3,(H,20,22). The summed E-state index contributed by atoms with van der Waals surface area (Å²) in [6, 6.07) is 15.3. The van der Waals surface area contributed by atoms with Crippen molar-refractivity contribution in [3.05, 3.63) is 64.7 Å². The van der Waals surface area contributed by atoms with Crippen LogP contribution in [0.3, 0.4) is 0 Å². The number of hydrogen-bond donors (Lipinski definition) is 1. The number of benzene rings is 2. The van der Waals surface area contributed by atoms with Gasteiger partial charge in [0.2, 0.25) is 5.91 Å². The van der Waals surface area contributed by atoms with Crippen LogP contribution in [0.25, 0.3) is 0 Å². The number of amides is 1. The van der Waals surface area contributed by atoms with Crippen LogP contribution >= 0.6 is 11.6 Å². The van der Waals surface area contributed by atoms with E-state index in [1.54, 1.807) is 7.11 Å². The van der Waals surface area contributed by atoms with Gasteiger partial charge in [0.05, 0.1) is 13.7 Å². The number of ether oxygens (including phenoxy) is 1. The summed E-state index contributed by atoms with van der Waals surface area (Å²) in [6.45, 7) is 1.44. The average Bonchev–Trinajstić information content (AvgIpc) is 2.53. The summed E-state index contributed by atoms with van der Waals surface area (Å²) >= 11 is 5.97. The van der Waals surface area contributed by atoms with Crippen molar-refractivity contribution in [2.24, 2.45) is 0 Å². The first kappa shape index (κ1) is 17.3. The smallest absolute Gasteiger partial charge is 0.234 e. The highest BCUT2D eigenvalue weighted by molar-refractivity contribution is 6.30. The number of carbonyl (C=O) groups excluding carboxylic acids is 1. The number of carbonyl (C=O) groups is 1. The molecular weight excluding hydrogens is 312 g/mol. The summed E-state index contributed by atoms with van der Waals surface area (Å²) < 4.78 is 5.27. The Bertz CT molecular complexity index is 661. The van der Waals surface area contributed by atoms with Gasteiger partial charge in [-0.1, -0.05) is 41.9 Å². The first-order chi connectivity index (χ1) is 11.1. The molecule has 0 atom stereocenters. The van der Waals surface area contributed by atoms with E-state index in [9.17, 15) is 4.79 Å². The third kappa shape index (κ3) is 5.58. The lowest BCUT2D eigenvalue weighted by Crippen LogP contribution is -2.34. The van der Waals surface area contributed by atoms with E-state index in [2.05, 4.69) is 5.32 Å². The van der Waals surface area contributed by atoms with Crippen LogP contribution < -0.4 is 10.1 Å². The molecule has 122 valence electrons. The lowest BCUT2D eigenvalue weighted by Gasteiger charge is -2.17. The molecule has 0 fully saturated rings. The van der Waals surface area contributed by atoms with Gasteiger partial charge in [0.25, 0.3) is 0 Å². The highest BCUT2D eigenvalue weighted by atomic mass is 35.5. The first-order valence-corrected chi connectivity index (χ1v) is 7.78. The van der Waals surface area contributed by atoms with Crippen LogP contribution in [0.4, 0.5) is 0 Å². The second-order valence-corrected chi connectivity index (χ2v) is 5.83. The molecule has 0 saturated heterocycles. The topological polar surface area (TPSA) is 41.6 Å². The van der Waals surface area contributed by atoms with Crippen molar-refractivity contribution in [2.45, 2.75) is 13.1 Å². The van der Waals surface area contributed by atoms with E-state index >= 15 is 0 Å². The van der Waals surface area contributed by atoms with Crippen molar-refractivity contribution in [1.29, 1.82) is 0 Å². The fourth-order valence-electron chi connectivity index (χ4n) is 2.35. The second-order valence-electron chi connectivity index (χ2n) is 5.39. The molecule has 23 heavy (non-hydrogen) atoms. The van der Waals surface area contributed by atoms with Gasteiger partial charge in [0.15, 0.2) is 0 Å². The quantitative estimate of drug-likeness (QED) is 0.847. The van der Waals surface area contributed by atoms with Crippen molar-refractivity contribution in [1.82, 2.24) is 10.2 Å². The van der Waals surface area contributed by atoms with Crippen LogP contribution in [-0.2, 0) is 17.9 Å². The molecule has 1 N–H and O–H groups in total. The van der Waals surface area contributed by atoms with Gasteiger partial charge >= 0.3 is 0 Å². The minimum Gasteiger partial charge on any atom is -0.496 e. The Morgan fingerprint density at radius 3 is 2.74 bits per heavy atom. The summed E-state index contributed by atoms with van der Waals surface area (Å²) in [6.07, 6.45) is 0. The number of rotatable bonds is 7. The molecule has 0 aliphatic heterocycles. The molecule has 0 heterocycles. The highest BCUT2D eigenvalue weighted by Crippen LogP contribution is 2.16. The number of methoxy groups -OCH3 is 1. The fraction of sp³-hybridized carbons (Fsp3) is 0.278. The van der Waals surface area contributed by atoms with Crippen molar-refractivity contribution in [2.75, 3.05) is 20.7 Å². The molecular formula is C18H21ClN2O2. The maximum Gasteiger partial charge on any atom is 0.234 e. The molecule has 0 aliphatic carbocycles. The van der Waals surface area contributed by atoms with Crippen molar-refractivity contribution < 1.29 is 9.53 Å². The monoisotopic (exact) mass is 332 g/mol. The zero-order valence-electron chi connectivity index (χ0n) is 13.4. The van der Waals surface area contributed by atoms with Crippen molar-refractivity contribution >= 4 is 17.5 Å².